The van der Waals surface area contributed by atoms with Crippen molar-refractivity contribution >= 4 is 5.82 Å². The number of aromatic nitrogens is 2. The van der Waals surface area contributed by atoms with Crippen LogP contribution < -0.4 is 5.32 Å². The van der Waals surface area contributed by atoms with Crippen LogP contribution in [0.1, 0.15) is 37.4 Å². The Morgan fingerprint density at radius 1 is 1.33 bits per heavy atom. The molecule has 2 heterocycles. The first kappa shape index (κ1) is 13.2. The van der Waals surface area contributed by atoms with Crippen LogP contribution in [0.4, 0.5) is 5.82 Å². The van der Waals surface area contributed by atoms with Gasteiger partial charge in [0.15, 0.2) is 5.82 Å². The Balaban J connectivity index is 2.18. The van der Waals surface area contributed by atoms with Crippen LogP contribution in [0.25, 0.3) is 0 Å². The molecule has 0 aromatic carbocycles. The standard InChI is InChI=1S/C13H21N3O2/c1-3-6-17-9-12-15-11-5-7-18-8-10(11)13(16-12)14-4-2/h3-9H2,1-2H3,(H,14,15,16). The van der Waals surface area contributed by atoms with Crippen molar-refractivity contribution in [2.45, 2.75) is 39.9 Å². The fraction of sp³-hybridized carbons (Fsp3) is 0.692. The maximum Gasteiger partial charge on any atom is 0.156 e. The van der Waals surface area contributed by atoms with Crippen LogP contribution in [0.15, 0.2) is 0 Å². The van der Waals surface area contributed by atoms with Gasteiger partial charge in [0.2, 0.25) is 0 Å². The molecule has 5 nitrogen and oxygen atoms in total. The molecule has 18 heavy (non-hydrogen) atoms. The third-order valence-electron chi connectivity index (χ3n) is 2.79. The molecule has 2 rings (SSSR count). The molecule has 0 atom stereocenters. The van der Waals surface area contributed by atoms with Crippen molar-refractivity contribution in [2.75, 3.05) is 25.1 Å². The molecule has 0 radical (unpaired) electrons. The lowest BCUT2D eigenvalue weighted by Gasteiger charge is -2.19. The Morgan fingerprint density at radius 2 is 2.22 bits per heavy atom. The van der Waals surface area contributed by atoms with E-state index in [1.165, 1.54) is 0 Å². The topological polar surface area (TPSA) is 56.3 Å². The van der Waals surface area contributed by atoms with E-state index in [0.29, 0.717) is 13.2 Å². The Labute approximate surface area is 108 Å². The number of ether oxygens (including phenoxy) is 2. The number of hydrogen-bond donors (Lipinski definition) is 1. The monoisotopic (exact) mass is 251 g/mol. The van der Waals surface area contributed by atoms with Gasteiger partial charge >= 0.3 is 0 Å². The van der Waals surface area contributed by atoms with Crippen LogP contribution in [0.2, 0.25) is 0 Å². The fourth-order valence-electron chi connectivity index (χ4n) is 1.97. The van der Waals surface area contributed by atoms with Gasteiger partial charge in [0, 0.05) is 25.1 Å². The number of rotatable bonds is 6. The minimum Gasteiger partial charge on any atom is -0.376 e. The molecule has 100 valence electrons. The summed E-state index contributed by atoms with van der Waals surface area (Å²) in [6, 6.07) is 0. The number of hydrogen-bond acceptors (Lipinski definition) is 5. The zero-order chi connectivity index (χ0) is 12.8. The largest absolute Gasteiger partial charge is 0.376 e. The number of nitrogens with one attached hydrogen (secondary N) is 1. The molecule has 5 heteroatoms. The van der Waals surface area contributed by atoms with Crippen LogP contribution >= 0.6 is 0 Å². The van der Waals surface area contributed by atoms with Crippen LogP contribution in [-0.4, -0.2) is 29.7 Å². The van der Waals surface area contributed by atoms with Gasteiger partial charge in [-0.25, -0.2) is 9.97 Å². The lowest BCUT2D eigenvalue weighted by molar-refractivity contribution is 0.105. The lowest BCUT2D eigenvalue weighted by atomic mass is 10.1. The first-order chi connectivity index (χ1) is 8.85. The highest BCUT2D eigenvalue weighted by atomic mass is 16.5. The van der Waals surface area contributed by atoms with E-state index < -0.39 is 0 Å². The molecular weight excluding hydrogens is 230 g/mol. The Bertz CT molecular complexity index is 396. The molecule has 0 bridgehead atoms. The van der Waals surface area contributed by atoms with Crippen molar-refractivity contribution in [3.8, 4) is 0 Å². The molecular formula is C13H21N3O2. The van der Waals surface area contributed by atoms with E-state index >= 15 is 0 Å². The number of fused-ring (bicyclic) bond motifs is 1. The second kappa shape index (κ2) is 6.66. The van der Waals surface area contributed by atoms with Gasteiger partial charge in [-0.15, -0.1) is 0 Å². The summed E-state index contributed by atoms with van der Waals surface area (Å²) in [6.07, 6.45) is 1.87. The summed E-state index contributed by atoms with van der Waals surface area (Å²) in [5.74, 6) is 1.66. The molecule has 1 aliphatic heterocycles. The second-order valence-corrected chi connectivity index (χ2v) is 4.30. The van der Waals surface area contributed by atoms with Crippen LogP contribution in [-0.2, 0) is 29.1 Å². The highest BCUT2D eigenvalue weighted by Crippen LogP contribution is 2.22. The molecule has 0 saturated carbocycles. The molecule has 0 unspecified atom stereocenters. The summed E-state index contributed by atoms with van der Waals surface area (Å²) < 4.78 is 11.0. The lowest BCUT2D eigenvalue weighted by Crippen LogP contribution is -2.18. The summed E-state index contributed by atoms with van der Waals surface area (Å²) in [5, 5.41) is 3.28. The maximum absolute atomic E-state index is 5.51. The molecule has 1 N–H and O–H groups in total. The van der Waals surface area contributed by atoms with Gasteiger partial charge in [0.05, 0.1) is 18.9 Å². The summed E-state index contributed by atoms with van der Waals surface area (Å²) in [7, 11) is 0. The van der Waals surface area contributed by atoms with Crippen LogP contribution in [0.3, 0.4) is 0 Å². The predicted molar refractivity (Wildman–Crippen MR) is 69.5 cm³/mol. The quantitative estimate of drug-likeness (QED) is 0.783. The van der Waals surface area contributed by atoms with Crippen LogP contribution in [0, 0.1) is 0 Å². The van der Waals surface area contributed by atoms with E-state index in [1.54, 1.807) is 0 Å². The minimum atomic E-state index is 0.486. The molecule has 0 saturated heterocycles. The van der Waals surface area contributed by atoms with Crippen molar-refractivity contribution in [1.82, 2.24) is 9.97 Å². The molecule has 1 aromatic rings. The zero-order valence-corrected chi connectivity index (χ0v) is 11.2. The van der Waals surface area contributed by atoms with Gasteiger partial charge in [-0.05, 0) is 13.3 Å². The SMILES string of the molecule is CCCOCc1nc2c(c(NCC)n1)COCC2. The predicted octanol–water partition coefficient (Wildman–Crippen LogP) is 1.91. The molecule has 0 aliphatic carbocycles. The third kappa shape index (κ3) is 3.17. The van der Waals surface area contributed by atoms with Crippen molar-refractivity contribution in [1.29, 1.82) is 0 Å². The van der Waals surface area contributed by atoms with Gasteiger partial charge in [-0.3, -0.25) is 0 Å². The van der Waals surface area contributed by atoms with Gasteiger partial charge in [0.25, 0.3) is 0 Å². The Morgan fingerprint density at radius 3 is 3.00 bits per heavy atom. The van der Waals surface area contributed by atoms with E-state index in [0.717, 1.165) is 55.5 Å². The fourth-order valence-corrected chi connectivity index (χ4v) is 1.97. The average Bonchev–Trinajstić information content (AvgIpc) is 2.39. The van der Waals surface area contributed by atoms with E-state index in [-0.39, 0.29) is 0 Å². The molecule has 0 spiro atoms. The van der Waals surface area contributed by atoms with Gasteiger partial charge in [-0.2, -0.15) is 0 Å². The van der Waals surface area contributed by atoms with Crippen LogP contribution in [0.5, 0.6) is 0 Å². The van der Waals surface area contributed by atoms with Crippen molar-refractivity contribution in [3.63, 3.8) is 0 Å². The van der Waals surface area contributed by atoms with E-state index in [2.05, 4.69) is 29.1 Å². The molecule has 0 fully saturated rings. The molecule has 1 aromatic heterocycles. The van der Waals surface area contributed by atoms with E-state index in [1.807, 2.05) is 0 Å². The average molecular weight is 251 g/mol. The summed E-state index contributed by atoms with van der Waals surface area (Å²) >= 11 is 0. The number of anilines is 1. The van der Waals surface area contributed by atoms with Gasteiger partial charge in [0.1, 0.15) is 12.4 Å². The Hall–Kier alpha value is -1.20. The second-order valence-electron chi connectivity index (χ2n) is 4.30. The molecule has 1 aliphatic rings. The molecule has 0 amide bonds. The zero-order valence-electron chi connectivity index (χ0n) is 11.2. The van der Waals surface area contributed by atoms with Crippen molar-refractivity contribution in [3.05, 3.63) is 17.1 Å². The third-order valence-corrected chi connectivity index (χ3v) is 2.79. The highest BCUT2D eigenvalue weighted by Gasteiger charge is 2.17. The Kier molecular flexibility index (Phi) is 4.90. The smallest absolute Gasteiger partial charge is 0.156 e. The summed E-state index contributed by atoms with van der Waals surface area (Å²) in [4.78, 5) is 9.09. The van der Waals surface area contributed by atoms with Gasteiger partial charge < -0.3 is 14.8 Å². The van der Waals surface area contributed by atoms with E-state index in [9.17, 15) is 0 Å². The van der Waals surface area contributed by atoms with Crippen molar-refractivity contribution < 1.29 is 9.47 Å². The summed E-state index contributed by atoms with van der Waals surface area (Å²) in [5.41, 5.74) is 2.20. The first-order valence-electron chi connectivity index (χ1n) is 6.63. The van der Waals surface area contributed by atoms with E-state index in [4.69, 9.17) is 9.47 Å². The first-order valence-corrected chi connectivity index (χ1v) is 6.63. The van der Waals surface area contributed by atoms with Crippen molar-refractivity contribution in [2.24, 2.45) is 0 Å². The minimum absolute atomic E-state index is 0.486. The number of nitrogens with zero attached hydrogens (tertiary/aromatic N) is 2. The maximum atomic E-state index is 5.51. The normalized spacial score (nSPS) is 14.3. The summed E-state index contributed by atoms with van der Waals surface area (Å²) in [6.45, 7) is 7.58. The highest BCUT2D eigenvalue weighted by molar-refractivity contribution is 5.47. The van der Waals surface area contributed by atoms with Gasteiger partial charge in [-0.1, -0.05) is 6.92 Å².